The summed E-state index contributed by atoms with van der Waals surface area (Å²) in [4.78, 5) is 44.4. The van der Waals surface area contributed by atoms with Crippen molar-refractivity contribution in [2.75, 3.05) is 11.4 Å². The van der Waals surface area contributed by atoms with Crippen molar-refractivity contribution < 1.29 is 45.1 Å². The Morgan fingerprint density at radius 1 is 1.06 bits per heavy atom. The van der Waals surface area contributed by atoms with Crippen molar-refractivity contribution in [2.24, 2.45) is 0 Å². The fourth-order valence-corrected chi connectivity index (χ4v) is 5.05. The van der Waals surface area contributed by atoms with E-state index in [4.69, 9.17) is 0 Å². The van der Waals surface area contributed by atoms with E-state index in [0.29, 0.717) is 10.3 Å². The maximum absolute atomic E-state index is 14.1. The molecule has 0 aliphatic carbocycles. The lowest BCUT2D eigenvalue weighted by Gasteiger charge is -2.38. The van der Waals surface area contributed by atoms with Crippen molar-refractivity contribution in [1.82, 2.24) is 14.8 Å². The number of nitrogens with zero attached hydrogens (tertiary/aromatic N) is 5. The lowest BCUT2D eigenvalue weighted by atomic mass is 10.0. The van der Waals surface area contributed by atoms with Gasteiger partial charge in [-0.2, -0.15) is 36.0 Å². The number of urea groups is 1. The number of rotatable bonds is 3. The summed E-state index contributed by atoms with van der Waals surface area (Å²) < 4.78 is 92.8. The average Bonchev–Trinajstić information content (AvgIpc) is 3.48. The maximum Gasteiger partial charge on any atom is 0.460 e. The van der Waals surface area contributed by atoms with E-state index in [9.17, 15) is 50.4 Å². The molecular formula is C21H12F7N5O3. The fourth-order valence-electron chi connectivity index (χ4n) is 5.05. The van der Waals surface area contributed by atoms with Crippen LogP contribution in [0.15, 0.2) is 30.5 Å². The molecule has 3 unspecified atom stereocenters. The SMILES string of the molecule is N#Cc1ncc(N2C(=O)C3C4CC(CN4C(=O)C(F)(F)C(F)(F)C(F)(F)F)N3C2=O)c2ccccc12. The van der Waals surface area contributed by atoms with E-state index in [1.165, 1.54) is 12.1 Å². The number of hydrogen-bond acceptors (Lipinski definition) is 5. The van der Waals surface area contributed by atoms with Crippen LogP contribution in [0.4, 0.5) is 41.2 Å². The molecule has 15 heteroatoms. The first-order chi connectivity index (χ1) is 16.7. The minimum Gasteiger partial charge on any atom is -0.330 e. The quantitative estimate of drug-likeness (QED) is 0.463. The lowest BCUT2D eigenvalue weighted by Crippen LogP contribution is -2.64. The number of carbonyl (C=O) groups is 3. The van der Waals surface area contributed by atoms with Crippen molar-refractivity contribution in [2.45, 2.75) is 42.6 Å². The van der Waals surface area contributed by atoms with Gasteiger partial charge in [-0.15, -0.1) is 0 Å². The second-order valence-electron chi connectivity index (χ2n) is 8.52. The van der Waals surface area contributed by atoms with Gasteiger partial charge in [0.15, 0.2) is 0 Å². The van der Waals surface area contributed by atoms with Crippen LogP contribution in [0.3, 0.4) is 0 Å². The number of likely N-dealkylation sites (tertiary alicyclic amines) is 1. The number of anilines is 1. The second-order valence-corrected chi connectivity index (χ2v) is 8.52. The number of pyridine rings is 1. The largest absolute Gasteiger partial charge is 0.460 e. The predicted octanol–water partition coefficient (Wildman–Crippen LogP) is 3.06. The average molecular weight is 515 g/mol. The minimum absolute atomic E-state index is 0.00129. The van der Waals surface area contributed by atoms with Gasteiger partial charge in [-0.1, -0.05) is 24.3 Å². The highest BCUT2D eigenvalue weighted by Gasteiger charge is 2.78. The molecule has 3 fully saturated rings. The predicted molar refractivity (Wildman–Crippen MR) is 105 cm³/mol. The highest BCUT2D eigenvalue weighted by atomic mass is 19.4. The number of aromatic nitrogens is 1. The minimum atomic E-state index is -6.70. The van der Waals surface area contributed by atoms with Crippen molar-refractivity contribution in [3.63, 3.8) is 0 Å². The monoisotopic (exact) mass is 515 g/mol. The highest BCUT2D eigenvalue weighted by molar-refractivity contribution is 6.25. The number of amides is 4. The van der Waals surface area contributed by atoms with Crippen molar-refractivity contribution in [1.29, 1.82) is 5.26 Å². The first-order valence-corrected chi connectivity index (χ1v) is 10.3. The van der Waals surface area contributed by atoms with Gasteiger partial charge in [-0.05, 0) is 6.42 Å². The highest BCUT2D eigenvalue weighted by Crippen LogP contribution is 2.50. The molecule has 3 saturated heterocycles. The molecule has 188 valence electrons. The topological polar surface area (TPSA) is 97.6 Å². The van der Waals surface area contributed by atoms with E-state index in [2.05, 4.69) is 4.98 Å². The molecule has 2 aromatic rings. The third kappa shape index (κ3) is 2.86. The van der Waals surface area contributed by atoms with E-state index < -0.39 is 60.5 Å². The molecule has 0 radical (unpaired) electrons. The Bertz CT molecular complexity index is 1370. The third-order valence-electron chi connectivity index (χ3n) is 6.67. The summed E-state index contributed by atoms with van der Waals surface area (Å²) in [6, 6.07) is 2.98. The molecular weight excluding hydrogens is 503 g/mol. The Labute approximate surface area is 196 Å². The number of benzene rings is 1. The molecule has 4 heterocycles. The van der Waals surface area contributed by atoms with E-state index in [1.54, 1.807) is 12.1 Å². The summed E-state index contributed by atoms with van der Waals surface area (Å²) in [5.74, 6) is -16.5. The number of piperazine rings is 1. The van der Waals surface area contributed by atoms with Gasteiger partial charge in [0.25, 0.3) is 11.8 Å². The van der Waals surface area contributed by atoms with Crippen LogP contribution in [-0.4, -0.2) is 75.3 Å². The zero-order valence-corrected chi connectivity index (χ0v) is 17.6. The number of halogens is 7. The molecule has 8 nitrogen and oxygen atoms in total. The first-order valence-electron chi connectivity index (χ1n) is 10.3. The van der Waals surface area contributed by atoms with Crippen LogP contribution in [-0.2, 0) is 9.59 Å². The Kier molecular flexibility index (Phi) is 4.80. The number of nitriles is 1. The van der Waals surface area contributed by atoms with Crippen LogP contribution in [0, 0.1) is 11.3 Å². The van der Waals surface area contributed by atoms with E-state index in [1.807, 2.05) is 6.07 Å². The maximum atomic E-state index is 14.1. The van der Waals surface area contributed by atoms with Crippen LogP contribution in [0.25, 0.3) is 10.8 Å². The lowest BCUT2D eigenvalue weighted by molar-refractivity contribution is -0.346. The number of alkyl halides is 7. The summed E-state index contributed by atoms with van der Waals surface area (Å²) in [5.41, 5.74) is -0.0428. The first kappa shape index (κ1) is 23.8. The van der Waals surface area contributed by atoms with Gasteiger partial charge in [0.1, 0.15) is 17.8 Å². The molecule has 3 aliphatic rings. The van der Waals surface area contributed by atoms with Gasteiger partial charge in [0.05, 0.1) is 24.0 Å². The van der Waals surface area contributed by atoms with Crippen LogP contribution in [0.5, 0.6) is 0 Å². The molecule has 4 amide bonds. The van der Waals surface area contributed by atoms with Gasteiger partial charge in [-0.3, -0.25) is 9.59 Å². The molecule has 0 spiro atoms. The van der Waals surface area contributed by atoms with Gasteiger partial charge < -0.3 is 9.80 Å². The van der Waals surface area contributed by atoms with Crippen molar-refractivity contribution in [3.8, 4) is 6.07 Å². The Morgan fingerprint density at radius 2 is 1.69 bits per heavy atom. The zero-order valence-electron chi connectivity index (χ0n) is 17.6. The Morgan fingerprint density at radius 3 is 2.31 bits per heavy atom. The van der Waals surface area contributed by atoms with Gasteiger partial charge >= 0.3 is 24.1 Å². The summed E-state index contributed by atoms with van der Waals surface area (Å²) >= 11 is 0. The molecule has 0 N–H and O–H groups in total. The molecule has 2 bridgehead atoms. The molecule has 1 aromatic carbocycles. The smallest absolute Gasteiger partial charge is 0.330 e. The van der Waals surface area contributed by atoms with Crippen molar-refractivity contribution in [3.05, 3.63) is 36.2 Å². The summed E-state index contributed by atoms with van der Waals surface area (Å²) in [6.07, 6.45) is -5.86. The van der Waals surface area contributed by atoms with Gasteiger partial charge in [0.2, 0.25) is 0 Å². The Balaban J connectivity index is 1.50. The second kappa shape index (κ2) is 7.28. The standard InChI is InChI=1S/C21H12F7N5O3/c22-19(23,20(24,25)21(26,27)28)17(35)31-8-9-5-13(31)15-16(34)33(18(36)32(9)15)14-7-30-12(6-29)10-3-1-2-4-11(10)14/h1-4,7,9,13,15H,5,8H2. The number of carbonyl (C=O) groups excluding carboxylic acids is 3. The normalized spacial score (nSPS) is 24.1. The molecule has 0 saturated carbocycles. The number of fused-ring (bicyclic) bond motifs is 6. The summed E-state index contributed by atoms with van der Waals surface area (Å²) in [5, 5.41) is 9.85. The van der Waals surface area contributed by atoms with Crippen LogP contribution in [0.1, 0.15) is 12.1 Å². The van der Waals surface area contributed by atoms with Gasteiger partial charge in [-0.25, -0.2) is 14.7 Å². The van der Waals surface area contributed by atoms with E-state index >= 15 is 0 Å². The zero-order chi connectivity index (χ0) is 26.4. The summed E-state index contributed by atoms with van der Waals surface area (Å²) in [7, 11) is 0. The molecule has 3 aliphatic heterocycles. The van der Waals surface area contributed by atoms with Crippen LogP contribution in [0.2, 0.25) is 0 Å². The fraction of sp³-hybridized carbons (Fsp3) is 0.381. The number of imide groups is 1. The van der Waals surface area contributed by atoms with E-state index in [-0.39, 0.29) is 28.1 Å². The molecule has 5 rings (SSSR count). The third-order valence-corrected chi connectivity index (χ3v) is 6.67. The number of hydrogen-bond donors (Lipinski definition) is 0. The van der Waals surface area contributed by atoms with Crippen LogP contribution < -0.4 is 4.90 Å². The van der Waals surface area contributed by atoms with E-state index in [0.717, 1.165) is 11.1 Å². The Hall–Kier alpha value is -3.96. The molecule has 36 heavy (non-hydrogen) atoms. The summed E-state index contributed by atoms with van der Waals surface area (Å²) in [6.45, 7) is -0.747. The molecule has 1 aromatic heterocycles. The van der Waals surface area contributed by atoms with Gasteiger partial charge in [0, 0.05) is 17.3 Å². The van der Waals surface area contributed by atoms with Crippen molar-refractivity contribution >= 4 is 34.3 Å². The van der Waals surface area contributed by atoms with Crippen LogP contribution >= 0.6 is 0 Å². The molecule has 3 atom stereocenters.